The van der Waals surface area contributed by atoms with E-state index in [4.69, 9.17) is 0 Å². The molecule has 0 aliphatic carbocycles. The monoisotopic (exact) mass is 321 g/mol. The van der Waals surface area contributed by atoms with Gasteiger partial charge in [0.2, 0.25) is 5.91 Å². The van der Waals surface area contributed by atoms with Crippen molar-refractivity contribution >= 4 is 17.3 Å². The maximum atomic E-state index is 12.1. The standard InChI is InChI=1S/C16H23N3O4/c20-12-13-3-2-10-18(11-13)16(21)4-1-9-17-14-5-7-15(8-6-14)19(22)23/h5-8,13,17,20H,1-4,9-12H2. The number of aliphatic hydroxyl groups excluding tert-OH is 1. The number of likely N-dealkylation sites (tertiary alicyclic amines) is 1. The van der Waals surface area contributed by atoms with Crippen LogP contribution in [0.2, 0.25) is 0 Å². The minimum absolute atomic E-state index is 0.0641. The molecular formula is C16H23N3O4. The van der Waals surface area contributed by atoms with Gasteiger partial charge in [0.1, 0.15) is 0 Å². The van der Waals surface area contributed by atoms with Crippen molar-refractivity contribution < 1.29 is 14.8 Å². The van der Waals surface area contributed by atoms with E-state index in [1.807, 2.05) is 4.90 Å². The molecule has 1 aromatic carbocycles. The van der Waals surface area contributed by atoms with Gasteiger partial charge in [0.05, 0.1) is 4.92 Å². The normalized spacial score (nSPS) is 17.8. The van der Waals surface area contributed by atoms with Gasteiger partial charge in [0.25, 0.3) is 5.69 Å². The van der Waals surface area contributed by atoms with Crippen LogP contribution in [0.15, 0.2) is 24.3 Å². The molecule has 0 aromatic heterocycles. The molecule has 0 radical (unpaired) electrons. The maximum absolute atomic E-state index is 12.1. The molecule has 7 nitrogen and oxygen atoms in total. The Hall–Kier alpha value is -2.15. The molecule has 23 heavy (non-hydrogen) atoms. The number of nitro benzene ring substituents is 1. The Balaban J connectivity index is 1.68. The highest BCUT2D eigenvalue weighted by atomic mass is 16.6. The predicted octanol–water partition coefficient (Wildman–Crippen LogP) is 2.02. The lowest BCUT2D eigenvalue weighted by atomic mass is 9.99. The zero-order chi connectivity index (χ0) is 16.7. The summed E-state index contributed by atoms with van der Waals surface area (Å²) in [5.74, 6) is 0.347. The number of nitrogens with zero attached hydrogens (tertiary/aromatic N) is 2. The second-order valence-electron chi connectivity index (χ2n) is 5.86. The fraction of sp³-hybridized carbons (Fsp3) is 0.562. The number of aliphatic hydroxyl groups is 1. The molecule has 0 bridgehead atoms. The van der Waals surface area contributed by atoms with Gasteiger partial charge in [0.15, 0.2) is 0 Å². The van der Waals surface area contributed by atoms with Crippen molar-refractivity contribution in [1.82, 2.24) is 4.90 Å². The molecule has 1 saturated heterocycles. The first-order valence-corrected chi connectivity index (χ1v) is 7.97. The van der Waals surface area contributed by atoms with E-state index in [2.05, 4.69) is 5.32 Å². The van der Waals surface area contributed by atoms with Gasteiger partial charge in [-0.25, -0.2) is 0 Å². The molecular weight excluding hydrogens is 298 g/mol. The van der Waals surface area contributed by atoms with Crippen LogP contribution in [0.1, 0.15) is 25.7 Å². The van der Waals surface area contributed by atoms with Gasteiger partial charge in [-0.05, 0) is 37.3 Å². The highest BCUT2D eigenvalue weighted by molar-refractivity contribution is 5.76. The van der Waals surface area contributed by atoms with Crippen molar-refractivity contribution in [2.45, 2.75) is 25.7 Å². The molecule has 1 amide bonds. The number of carbonyl (C=O) groups is 1. The van der Waals surface area contributed by atoms with E-state index in [1.165, 1.54) is 12.1 Å². The van der Waals surface area contributed by atoms with Crippen LogP contribution < -0.4 is 5.32 Å². The van der Waals surface area contributed by atoms with Crippen molar-refractivity contribution in [3.05, 3.63) is 34.4 Å². The van der Waals surface area contributed by atoms with E-state index in [0.29, 0.717) is 25.9 Å². The fourth-order valence-corrected chi connectivity index (χ4v) is 2.77. The number of non-ortho nitro benzene ring substituents is 1. The highest BCUT2D eigenvalue weighted by Crippen LogP contribution is 2.17. The second-order valence-corrected chi connectivity index (χ2v) is 5.86. The largest absolute Gasteiger partial charge is 0.396 e. The molecule has 0 spiro atoms. The van der Waals surface area contributed by atoms with Crippen molar-refractivity contribution in [1.29, 1.82) is 0 Å². The molecule has 1 aliphatic rings. The van der Waals surface area contributed by atoms with Crippen molar-refractivity contribution in [2.24, 2.45) is 5.92 Å². The quantitative estimate of drug-likeness (QED) is 0.455. The molecule has 1 unspecified atom stereocenters. The summed E-state index contributed by atoms with van der Waals surface area (Å²) in [5, 5.41) is 22.9. The fourth-order valence-electron chi connectivity index (χ4n) is 2.77. The Morgan fingerprint density at radius 3 is 2.78 bits per heavy atom. The third kappa shape index (κ3) is 5.21. The van der Waals surface area contributed by atoms with E-state index < -0.39 is 4.92 Å². The summed E-state index contributed by atoms with van der Waals surface area (Å²) in [7, 11) is 0. The Morgan fingerprint density at radius 1 is 1.39 bits per heavy atom. The Bertz CT molecular complexity index is 533. The average molecular weight is 321 g/mol. The van der Waals surface area contributed by atoms with Crippen molar-refractivity contribution in [3.63, 3.8) is 0 Å². The van der Waals surface area contributed by atoms with Gasteiger partial charge in [-0.15, -0.1) is 0 Å². The Morgan fingerprint density at radius 2 is 2.13 bits per heavy atom. The number of amides is 1. The van der Waals surface area contributed by atoms with E-state index in [0.717, 1.165) is 25.1 Å². The van der Waals surface area contributed by atoms with Crippen LogP contribution in [0.4, 0.5) is 11.4 Å². The summed E-state index contributed by atoms with van der Waals surface area (Å²) < 4.78 is 0. The minimum Gasteiger partial charge on any atom is -0.396 e. The number of carbonyl (C=O) groups excluding carboxylic acids is 1. The van der Waals surface area contributed by atoms with Gasteiger partial charge < -0.3 is 15.3 Å². The first kappa shape index (κ1) is 17.2. The molecule has 1 fully saturated rings. The third-order valence-corrected chi connectivity index (χ3v) is 4.10. The lowest BCUT2D eigenvalue weighted by molar-refractivity contribution is -0.384. The van der Waals surface area contributed by atoms with Crippen LogP contribution in [-0.2, 0) is 4.79 Å². The van der Waals surface area contributed by atoms with E-state index >= 15 is 0 Å². The number of hydrogen-bond acceptors (Lipinski definition) is 5. The minimum atomic E-state index is -0.430. The zero-order valence-corrected chi connectivity index (χ0v) is 13.1. The summed E-state index contributed by atoms with van der Waals surface area (Å²) in [6, 6.07) is 6.24. The van der Waals surface area contributed by atoms with E-state index in [-0.39, 0.29) is 24.1 Å². The molecule has 1 heterocycles. The molecule has 1 atom stereocenters. The van der Waals surface area contributed by atoms with Gasteiger partial charge in [-0.3, -0.25) is 14.9 Å². The number of piperidine rings is 1. The molecule has 1 aliphatic heterocycles. The topological polar surface area (TPSA) is 95.7 Å². The first-order valence-electron chi connectivity index (χ1n) is 7.97. The van der Waals surface area contributed by atoms with Gasteiger partial charge >= 0.3 is 0 Å². The van der Waals surface area contributed by atoms with Crippen LogP contribution in [0.25, 0.3) is 0 Å². The number of anilines is 1. The van der Waals surface area contributed by atoms with E-state index in [9.17, 15) is 20.0 Å². The smallest absolute Gasteiger partial charge is 0.269 e. The van der Waals surface area contributed by atoms with Crippen LogP contribution in [0.3, 0.4) is 0 Å². The SMILES string of the molecule is O=C(CCCNc1ccc([N+](=O)[O-])cc1)N1CCCC(CO)C1. The average Bonchev–Trinajstić information content (AvgIpc) is 2.59. The second kappa shape index (κ2) is 8.47. The molecule has 1 aromatic rings. The summed E-state index contributed by atoms with van der Waals surface area (Å²) in [6.07, 6.45) is 3.12. The Labute approximate surface area is 135 Å². The lowest BCUT2D eigenvalue weighted by Gasteiger charge is -2.32. The number of nitro groups is 1. The van der Waals surface area contributed by atoms with Crippen molar-refractivity contribution in [3.8, 4) is 0 Å². The number of hydrogen-bond donors (Lipinski definition) is 2. The van der Waals surface area contributed by atoms with Crippen LogP contribution in [-0.4, -0.2) is 47.1 Å². The first-order chi connectivity index (χ1) is 11.1. The molecule has 0 saturated carbocycles. The lowest BCUT2D eigenvalue weighted by Crippen LogP contribution is -2.40. The third-order valence-electron chi connectivity index (χ3n) is 4.10. The van der Waals surface area contributed by atoms with Gasteiger partial charge in [-0.2, -0.15) is 0 Å². The van der Waals surface area contributed by atoms with Gasteiger partial charge in [-0.1, -0.05) is 0 Å². The number of benzene rings is 1. The summed E-state index contributed by atoms with van der Waals surface area (Å²) in [6.45, 7) is 2.22. The summed E-state index contributed by atoms with van der Waals surface area (Å²) in [5.41, 5.74) is 0.871. The molecule has 2 rings (SSSR count). The molecule has 2 N–H and O–H groups in total. The van der Waals surface area contributed by atoms with Crippen molar-refractivity contribution in [2.75, 3.05) is 31.6 Å². The molecule has 7 heteroatoms. The highest BCUT2D eigenvalue weighted by Gasteiger charge is 2.22. The van der Waals surface area contributed by atoms with Crippen LogP contribution in [0.5, 0.6) is 0 Å². The zero-order valence-electron chi connectivity index (χ0n) is 13.1. The number of nitrogens with one attached hydrogen (secondary N) is 1. The van der Waals surface area contributed by atoms with E-state index in [1.54, 1.807) is 12.1 Å². The Kier molecular flexibility index (Phi) is 6.34. The van der Waals surface area contributed by atoms with Crippen LogP contribution >= 0.6 is 0 Å². The maximum Gasteiger partial charge on any atom is 0.269 e. The summed E-state index contributed by atoms with van der Waals surface area (Å²) in [4.78, 5) is 24.1. The van der Waals surface area contributed by atoms with Crippen LogP contribution in [0, 0.1) is 16.0 Å². The predicted molar refractivity (Wildman–Crippen MR) is 87.2 cm³/mol. The molecule has 126 valence electrons. The number of rotatable bonds is 7. The summed E-state index contributed by atoms with van der Waals surface area (Å²) >= 11 is 0. The van der Waals surface area contributed by atoms with Gasteiger partial charge in [0, 0.05) is 50.5 Å².